The van der Waals surface area contributed by atoms with Crippen molar-refractivity contribution in [3.63, 3.8) is 0 Å². The molecule has 2 nitrogen and oxygen atoms in total. The molecule has 0 heterocycles. The second-order valence-corrected chi connectivity index (χ2v) is 2.55. The molecule has 0 spiro atoms. The van der Waals surface area contributed by atoms with Crippen LogP contribution in [-0.4, -0.2) is 23.5 Å². The largest absolute Gasteiger partial charge is 0.384 e. The number of nitrogens with zero attached hydrogens (tertiary/aromatic N) is 1. The minimum absolute atomic E-state index is 0. The fourth-order valence-corrected chi connectivity index (χ4v) is 0.970. The summed E-state index contributed by atoms with van der Waals surface area (Å²) in [6, 6.07) is 0. The van der Waals surface area contributed by atoms with Crippen LogP contribution in [-0.2, 0) is 0 Å². The maximum absolute atomic E-state index is 9.77. The number of hydrogen-bond acceptors (Lipinski definition) is 2. The molecule has 3 heteroatoms. The van der Waals surface area contributed by atoms with Gasteiger partial charge in [0.2, 0.25) is 0 Å². The maximum Gasteiger partial charge on any atom is 0.101 e. The van der Waals surface area contributed by atoms with Crippen LogP contribution >= 0.6 is 0 Å². The number of aliphatic hydroxyl groups is 1. The van der Waals surface area contributed by atoms with Gasteiger partial charge >= 0.3 is 0 Å². The first-order valence-corrected chi connectivity index (χ1v) is 3.77. The van der Waals surface area contributed by atoms with E-state index in [1.165, 1.54) is 0 Å². The van der Waals surface area contributed by atoms with Crippen LogP contribution in [0.5, 0.6) is 0 Å². The molecule has 11 heavy (non-hydrogen) atoms. The van der Waals surface area contributed by atoms with E-state index in [4.69, 9.17) is 0 Å². The number of rotatable bonds is 3. The molecular weight excluding hydrogens is 271 g/mol. The minimum atomic E-state index is -0.658. The van der Waals surface area contributed by atoms with Crippen molar-refractivity contribution >= 4 is 5.71 Å². The molecule has 0 aromatic rings. The zero-order valence-corrected chi connectivity index (χ0v) is 10.6. The Hall–Kier alpha value is 0.968. The molecule has 0 aliphatic rings. The van der Waals surface area contributed by atoms with Gasteiger partial charge in [-0.25, -0.2) is 0 Å². The van der Waals surface area contributed by atoms with Crippen molar-refractivity contribution in [2.24, 2.45) is 4.99 Å². The van der Waals surface area contributed by atoms with E-state index in [1.54, 1.807) is 7.05 Å². The van der Waals surface area contributed by atoms with Crippen LogP contribution in [0.15, 0.2) is 4.99 Å². The van der Waals surface area contributed by atoms with Gasteiger partial charge in [0.15, 0.2) is 0 Å². The molecule has 1 radical (unpaired) electrons. The summed E-state index contributed by atoms with van der Waals surface area (Å²) in [5.74, 6) is 0. The van der Waals surface area contributed by atoms with Gasteiger partial charge in [0.1, 0.15) is 5.60 Å². The van der Waals surface area contributed by atoms with Crippen LogP contribution in [0.2, 0.25) is 0 Å². The molecule has 65 valence electrons. The Labute approximate surface area is 102 Å². The molecule has 0 aromatic carbocycles. The van der Waals surface area contributed by atoms with E-state index in [9.17, 15) is 5.11 Å². The van der Waals surface area contributed by atoms with Gasteiger partial charge < -0.3 is 5.11 Å². The number of aliphatic imine (C=N–C) groups is 1. The average molecular weight is 288 g/mol. The predicted octanol–water partition coefficient (Wildman–Crippen LogP) is 1.63. The predicted molar refractivity (Wildman–Crippen MR) is 44.6 cm³/mol. The van der Waals surface area contributed by atoms with Crippen LogP contribution in [0.4, 0.5) is 0 Å². The van der Waals surface area contributed by atoms with Crippen molar-refractivity contribution in [2.45, 2.75) is 39.2 Å². The number of hydrogen-bond donors (Lipinski definition) is 1. The van der Waals surface area contributed by atoms with Crippen molar-refractivity contribution in [1.82, 2.24) is 0 Å². The second kappa shape index (κ2) is 6.48. The topological polar surface area (TPSA) is 32.6 Å². The fourth-order valence-electron chi connectivity index (χ4n) is 0.970. The summed E-state index contributed by atoms with van der Waals surface area (Å²) in [7, 11) is 1.71. The van der Waals surface area contributed by atoms with Crippen molar-refractivity contribution in [3.8, 4) is 0 Å². The van der Waals surface area contributed by atoms with E-state index in [0.29, 0.717) is 0 Å². The van der Waals surface area contributed by atoms with Crippen LogP contribution in [0.25, 0.3) is 0 Å². The van der Waals surface area contributed by atoms with Gasteiger partial charge in [-0.1, -0.05) is 13.8 Å². The molecular formula is C8H17NOPm. The smallest absolute Gasteiger partial charge is 0.101 e. The van der Waals surface area contributed by atoms with Gasteiger partial charge in [-0.15, -0.1) is 0 Å². The van der Waals surface area contributed by atoms with Gasteiger partial charge in [-0.2, -0.15) is 0 Å². The Morgan fingerprint density at radius 2 is 1.73 bits per heavy atom. The first-order chi connectivity index (χ1) is 4.60. The van der Waals surface area contributed by atoms with E-state index in [2.05, 4.69) is 4.99 Å². The molecule has 0 aliphatic heterocycles. The van der Waals surface area contributed by atoms with Crippen LogP contribution in [0.1, 0.15) is 33.6 Å². The summed E-state index contributed by atoms with van der Waals surface area (Å²) in [5.41, 5.74) is 0.173. The van der Waals surface area contributed by atoms with Crippen molar-refractivity contribution in [3.05, 3.63) is 0 Å². The van der Waals surface area contributed by atoms with E-state index in [-0.39, 0.29) is 40.4 Å². The third kappa shape index (κ3) is 3.94. The Morgan fingerprint density at radius 1 is 1.36 bits per heavy atom. The van der Waals surface area contributed by atoms with Gasteiger partial charge in [-0.3, -0.25) is 4.99 Å². The summed E-state index contributed by atoms with van der Waals surface area (Å²) < 4.78 is 0. The Kier molecular flexibility index (Phi) is 8.54. The summed E-state index contributed by atoms with van der Waals surface area (Å²) in [6.07, 6.45) is 1.49. The van der Waals surface area contributed by atoms with Gasteiger partial charge in [0.05, 0.1) is 0 Å². The molecule has 0 amide bonds. The molecule has 0 rings (SSSR count). The molecule has 0 saturated carbocycles. The first kappa shape index (κ1) is 14.5. The van der Waals surface area contributed by atoms with Gasteiger partial charge in [0.25, 0.3) is 0 Å². The Morgan fingerprint density at radius 3 is 1.82 bits per heavy atom. The Balaban J connectivity index is 0. The molecule has 0 aliphatic carbocycles. The summed E-state index contributed by atoms with van der Waals surface area (Å²) >= 11 is 0. The Bertz CT molecular complexity index is 130. The third-order valence-corrected chi connectivity index (χ3v) is 2.18. The fraction of sp³-hybridized carbons (Fsp3) is 0.875. The van der Waals surface area contributed by atoms with E-state index in [1.807, 2.05) is 20.8 Å². The second-order valence-electron chi connectivity index (χ2n) is 2.55. The molecule has 0 fully saturated rings. The van der Waals surface area contributed by atoms with Crippen LogP contribution in [0.3, 0.4) is 0 Å². The third-order valence-electron chi connectivity index (χ3n) is 2.18. The molecule has 0 atom stereocenters. The quantitative estimate of drug-likeness (QED) is 0.787. The van der Waals surface area contributed by atoms with Crippen molar-refractivity contribution < 1.29 is 45.5 Å². The van der Waals surface area contributed by atoms with Crippen molar-refractivity contribution in [1.29, 1.82) is 0 Å². The standard InChI is InChI=1S/C8H17NO.Pm/c1-5-8(10,6-2)7(3)9-4;/h10H,5-6H2,1-4H3;. The molecule has 0 unspecified atom stereocenters. The zero-order chi connectivity index (χ0) is 8.20. The average Bonchev–Trinajstić information content (AvgIpc) is 2.01. The molecule has 1 N–H and O–H groups in total. The minimum Gasteiger partial charge on any atom is -0.384 e. The molecule has 0 bridgehead atoms. The summed E-state index contributed by atoms with van der Waals surface area (Å²) in [4.78, 5) is 3.97. The summed E-state index contributed by atoms with van der Waals surface area (Å²) in [6.45, 7) is 5.81. The normalized spacial score (nSPS) is 12.6. The maximum atomic E-state index is 9.77. The van der Waals surface area contributed by atoms with E-state index in [0.717, 1.165) is 18.6 Å². The summed E-state index contributed by atoms with van der Waals surface area (Å²) in [5, 5.41) is 9.77. The molecule has 0 saturated heterocycles. The zero-order valence-electron chi connectivity index (χ0n) is 7.76. The van der Waals surface area contributed by atoms with Gasteiger partial charge in [0, 0.05) is 53.1 Å². The van der Waals surface area contributed by atoms with E-state index >= 15 is 0 Å². The van der Waals surface area contributed by atoms with Crippen LogP contribution < -0.4 is 0 Å². The molecule has 0 aromatic heterocycles. The SMILES string of the molecule is CCC(O)(CC)C(C)=NC.[Pm]. The van der Waals surface area contributed by atoms with Crippen molar-refractivity contribution in [2.75, 3.05) is 7.05 Å². The van der Waals surface area contributed by atoms with Crippen LogP contribution in [0, 0.1) is 40.4 Å². The monoisotopic (exact) mass is 288 g/mol. The van der Waals surface area contributed by atoms with E-state index < -0.39 is 5.60 Å². The first-order valence-electron chi connectivity index (χ1n) is 3.77. The van der Waals surface area contributed by atoms with Gasteiger partial charge in [-0.05, 0) is 19.8 Å².